The van der Waals surface area contributed by atoms with Gasteiger partial charge in [-0.3, -0.25) is 14.7 Å². The van der Waals surface area contributed by atoms with Crippen LogP contribution in [0.5, 0.6) is 0 Å². The van der Waals surface area contributed by atoms with Crippen LogP contribution in [0.25, 0.3) is 10.1 Å². The van der Waals surface area contributed by atoms with Crippen LogP contribution in [0.3, 0.4) is 0 Å². The van der Waals surface area contributed by atoms with E-state index in [4.69, 9.17) is 16.3 Å². The number of thiophene rings is 1. The largest absolute Gasteiger partial charge is 0.381 e. The molecule has 6 rings (SSSR count). The highest BCUT2D eigenvalue weighted by atomic mass is 35.5. The Morgan fingerprint density at radius 1 is 1.11 bits per heavy atom. The Morgan fingerprint density at radius 2 is 1.84 bits per heavy atom. The third-order valence-corrected chi connectivity index (χ3v) is 12.1. The normalized spacial score (nSPS) is 24.4. The smallest absolute Gasteiger partial charge is 0.253 e. The van der Waals surface area contributed by atoms with Crippen molar-refractivity contribution in [3.05, 3.63) is 53.8 Å². The van der Waals surface area contributed by atoms with Crippen LogP contribution in [-0.2, 0) is 19.6 Å². The van der Waals surface area contributed by atoms with E-state index in [1.807, 2.05) is 30.1 Å². The van der Waals surface area contributed by atoms with Crippen molar-refractivity contribution in [2.24, 2.45) is 0 Å². The second kappa shape index (κ2) is 9.42. The Kier molecular flexibility index (Phi) is 6.44. The average Bonchev–Trinajstić information content (AvgIpc) is 3.44. The number of piperidine rings is 1. The average molecular weight is 576 g/mol. The molecular weight excluding hydrogens is 546 g/mol. The van der Waals surface area contributed by atoms with E-state index < -0.39 is 15.7 Å². The molecule has 1 aromatic carbocycles. The number of aromatic nitrogens is 1. The van der Waals surface area contributed by atoms with Crippen LogP contribution in [0.1, 0.15) is 12.8 Å². The van der Waals surface area contributed by atoms with Gasteiger partial charge in [0.2, 0.25) is 5.91 Å². The van der Waals surface area contributed by atoms with Crippen LogP contribution in [-0.4, -0.2) is 98.1 Å². The van der Waals surface area contributed by atoms with Crippen molar-refractivity contribution in [3.8, 4) is 0 Å². The van der Waals surface area contributed by atoms with Gasteiger partial charge in [0, 0.05) is 60.1 Å². The van der Waals surface area contributed by atoms with Crippen LogP contribution >= 0.6 is 22.9 Å². The molecule has 9 nitrogen and oxygen atoms in total. The van der Waals surface area contributed by atoms with Gasteiger partial charge >= 0.3 is 0 Å². The number of nitrogens with zero attached hydrogens (tertiary/aromatic N) is 5. The van der Waals surface area contributed by atoms with Crippen LogP contribution in [0.15, 0.2) is 53.0 Å². The maximum Gasteiger partial charge on any atom is 0.253 e. The first kappa shape index (κ1) is 26.0. The molecule has 3 aliphatic rings. The van der Waals surface area contributed by atoms with Gasteiger partial charge < -0.3 is 14.5 Å². The number of methoxy groups -OCH3 is 1. The summed E-state index contributed by atoms with van der Waals surface area (Å²) in [7, 11) is -0.288. The Labute approximate surface area is 231 Å². The second-order valence-electron chi connectivity index (χ2n) is 10.4. The summed E-state index contributed by atoms with van der Waals surface area (Å²) in [6.07, 6.45) is 5.30. The summed E-state index contributed by atoms with van der Waals surface area (Å²) in [5, 5.41) is 1.37. The molecule has 1 spiro atoms. The van der Waals surface area contributed by atoms with Gasteiger partial charge in [0.15, 0.2) is 0 Å². The van der Waals surface area contributed by atoms with Gasteiger partial charge in [-0.2, -0.15) is 4.31 Å². The molecule has 1 amide bonds. The monoisotopic (exact) mass is 575 g/mol. The van der Waals surface area contributed by atoms with E-state index in [9.17, 15) is 13.2 Å². The van der Waals surface area contributed by atoms with Gasteiger partial charge in [-0.15, -0.1) is 11.3 Å². The minimum atomic E-state index is -3.91. The minimum absolute atomic E-state index is 0.149. The van der Waals surface area contributed by atoms with Crippen molar-refractivity contribution < 1.29 is 17.9 Å². The van der Waals surface area contributed by atoms with Crippen molar-refractivity contribution in [1.82, 2.24) is 19.1 Å². The molecule has 5 heterocycles. The molecule has 0 saturated carbocycles. The third kappa shape index (κ3) is 4.02. The summed E-state index contributed by atoms with van der Waals surface area (Å²) >= 11 is 7.30. The first-order valence-electron chi connectivity index (χ1n) is 12.6. The number of carbonyl (C=O) groups is 1. The van der Waals surface area contributed by atoms with Crippen molar-refractivity contribution in [1.29, 1.82) is 0 Å². The third-order valence-electron chi connectivity index (χ3n) is 8.48. The van der Waals surface area contributed by atoms with E-state index in [-0.39, 0.29) is 35.4 Å². The number of piperazine rings is 1. The van der Waals surface area contributed by atoms with Crippen molar-refractivity contribution in [2.45, 2.75) is 28.3 Å². The quantitative estimate of drug-likeness (QED) is 0.462. The molecular formula is C26H30ClN5O4S2. The number of fused-ring (bicyclic) bond motifs is 2. The number of likely N-dealkylation sites (N-methyl/N-ethyl adjacent to an activating group) is 1. The number of carbonyl (C=O) groups excluding carboxylic acids is 1. The molecule has 0 bridgehead atoms. The van der Waals surface area contributed by atoms with Crippen molar-refractivity contribution in [2.75, 3.05) is 58.4 Å². The van der Waals surface area contributed by atoms with Crippen molar-refractivity contribution >= 4 is 54.6 Å². The lowest BCUT2D eigenvalue weighted by atomic mass is 9.86. The predicted octanol–water partition coefficient (Wildman–Crippen LogP) is 3.11. The fraction of sp³-hybridized carbons (Fsp3) is 0.462. The second-order valence-corrected chi connectivity index (χ2v) is 14.1. The summed E-state index contributed by atoms with van der Waals surface area (Å²) in [5.74, 6) is -0.193. The van der Waals surface area contributed by atoms with Crippen LogP contribution in [0, 0.1) is 0 Å². The highest BCUT2D eigenvalue weighted by molar-refractivity contribution is 7.91. The zero-order chi connectivity index (χ0) is 26.7. The summed E-state index contributed by atoms with van der Waals surface area (Å²) in [4.78, 5) is 24.2. The molecule has 2 aromatic heterocycles. The number of amides is 1. The number of sulfonamides is 1. The van der Waals surface area contributed by atoms with Gasteiger partial charge in [-0.25, -0.2) is 8.42 Å². The van der Waals surface area contributed by atoms with Gasteiger partial charge in [0.05, 0.1) is 19.7 Å². The lowest BCUT2D eigenvalue weighted by Gasteiger charge is -2.50. The van der Waals surface area contributed by atoms with E-state index in [1.165, 1.54) is 15.6 Å². The maximum absolute atomic E-state index is 13.9. The van der Waals surface area contributed by atoms with Gasteiger partial charge in [-0.05, 0) is 55.6 Å². The fourth-order valence-corrected chi connectivity index (χ4v) is 9.61. The molecule has 12 heteroatoms. The summed E-state index contributed by atoms with van der Waals surface area (Å²) < 4.78 is 35.7. The Bertz CT molecular complexity index is 1480. The molecule has 1 atom stereocenters. The standard InChI is InChI=1S/C26H30ClN5O4S2/c1-29-25(7-11-30(12-8-25)21-5-9-28-10-6-21)16-32-23(33)15-31(17-26(29,32)18-36-2)38(34,35)24-13-19-3-4-20(27)14-22(19)37-24/h3-6,9-10,13-14H,7-8,11-12,15-18H2,1-2H3. The SMILES string of the molecule is COCC12CN(S(=O)(=O)c3cc4ccc(Cl)cc4s3)CC(=O)N1CC1(CCN(c3ccncc3)CC1)N2C. The van der Waals surface area contributed by atoms with Gasteiger partial charge in [0.25, 0.3) is 10.0 Å². The number of halogens is 1. The lowest BCUT2D eigenvalue weighted by Crippen LogP contribution is -2.70. The number of ether oxygens (including phenoxy) is 1. The van der Waals surface area contributed by atoms with E-state index in [0.29, 0.717) is 11.6 Å². The van der Waals surface area contributed by atoms with Crippen molar-refractivity contribution in [3.63, 3.8) is 0 Å². The minimum Gasteiger partial charge on any atom is -0.381 e. The number of hydrogen-bond donors (Lipinski definition) is 0. The Hall–Kier alpha value is -2.28. The zero-order valence-electron chi connectivity index (χ0n) is 21.3. The molecule has 202 valence electrons. The van der Waals surface area contributed by atoms with E-state index in [0.717, 1.165) is 41.7 Å². The Balaban J connectivity index is 1.30. The molecule has 3 aliphatic heterocycles. The molecule has 3 saturated heterocycles. The fourth-order valence-electron chi connectivity index (χ4n) is 6.34. The lowest BCUT2D eigenvalue weighted by molar-refractivity contribution is -0.152. The van der Waals surface area contributed by atoms with E-state index >= 15 is 0 Å². The molecule has 3 fully saturated rings. The maximum atomic E-state index is 13.9. The number of benzene rings is 1. The first-order valence-corrected chi connectivity index (χ1v) is 15.2. The number of hydrogen-bond acceptors (Lipinski definition) is 8. The molecule has 1 unspecified atom stereocenters. The Morgan fingerprint density at radius 3 is 2.55 bits per heavy atom. The number of anilines is 1. The molecule has 38 heavy (non-hydrogen) atoms. The van der Waals surface area contributed by atoms with E-state index in [2.05, 4.69) is 14.8 Å². The predicted molar refractivity (Wildman–Crippen MR) is 148 cm³/mol. The molecule has 0 N–H and O–H groups in total. The van der Waals surface area contributed by atoms with Crippen LogP contribution in [0.4, 0.5) is 5.69 Å². The zero-order valence-corrected chi connectivity index (χ0v) is 23.7. The molecule has 0 aliphatic carbocycles. The first-order chi connectivity index (χ1) is 18.2. The summed E-state index contributed by atoms with van der Waals surface area (Å²) in [6, 6.07) is 11.0. The van der Waals surface area contributed by atoms with Crippen LogP contribution in [0.2, 0.25) is 5.02 Å². The number of pyridine rings is 1. The summed E-state index contributed by atoms with van der Waals surface area (Å²) in [5.41, 5.74) is -0.000223. The molecule has 0 radical (unpaired) electrons. The van der Waals surface area contributed by atoms with Crippen LogP contribution < -0.4 is 4.90 Å². The van der Waals surface area contributed by atoms with E-state index in [1.54, 1.807) is 37.7 Å². The molecule has 3 aromatic rings. The van der Waals surface area contributed by atoms with Gasteiger partial charge in [0.1, 0.15) is 9.87 Å². The number of rotatable bonds is 5. The van der Waals surface area contributed by atoms with Gasteiger partial charge in [-0.1, -0.05) is 17.7 Å². The summed E-state index contributed by atoms with van der Waals surface area (Å²) in [6.45, 7) is 2.42. The highest BCUT2D eigenvalue weighted by Gasteiger charge is 2.63. The topological polar surface area (TPSA) is 86.3 Å². The highest BCUT2D eigenvalue weighted by Crippen LogP contribution is 2.46.